The first kappa shape index (κ1) is 33.1. The summed E-state index contributed by atoms with van der Waals surface area (Å²) in [5.74, 6) is -0.816. The highest BCUT2D eigenvalue weighted by Gasteiger charge is 2.39. The molecule has 232 valence electrons. The van der Waals surface area contributed by atoms with Gasteiger partial charge in [-0.15, -0.1) is 0 Å². The van der Waals surface area contributed by atoms with Crippen molar-refractivity contribution in [1.29, 1.82) is 0 Å². The number of hydrogen-bond donors (Lipinski definition) is 1. The Morgan fingerprint density at radius 2 is 1.51 bits per heavy atom. The molecule has 3 amide bonds. The smallest absolute Gasteiger partial charge is 0.329 e. The highest BCUT2D eigenvalue weighted by atomic mass is 16.5. The molecule has 0 aromatic heterocycles. The average Bonchev–Trinajstić information content (AvgIpc) is 3.40. The molecule has 9 heteroatoms. The Balaban J connectivity index is 1.72. The molecule has 9 nitrogen and oxygen atoms in total. The fraction of sp³-hybridized carbons (Fsp3) is 0.812. The van der Waals surface area contributed by atoms with Crippen molar-refractivity contribution in [3.8, 4) is 0 Å². The first-order chi connectivity index (χ1) is 19.3. The van der Waals surface area contributed by atoms with Crippen LogP contribution in [-0.2, 0) is 23.9 Å². The Morgan fingerprint density at radius 3 is 2.07 bits per heavy atom. The maximum atomic E-state index is 13.9. The lowest BCUT2D eigenvalue weighted by atomic mass is 9.95. The number of rotatable bonds is 11. The van der Waals surface area contributed by atoms with E-state index < -0.39 is 12.1 Å². The number of piperidine rings is 1. The lowest BCUT2D eigenvalue weighted by Gasteiger charge is -2.39. The summed E-state index contributed by atoms with van der Waals surface area (Å²) in [6.07, 6.45) is 8.97. The molecule has 1 aliphatic carbocycles. The van der Waals surface area contributed by atoms with Crippen LogP contribution >= 0.6 is 0 Å². The lowest BCUT2D eigenvalue weighted by Crippen LogP contribution is -2.58. The third-order valence-electron chi connectivity index (χ3n) is 9.10. The molecule has 2 heterocycles. The van der Waals surface area contributed by atoms with Gasteiger partial charge in [-0.05, 0) is 84.1 Å². The molecule has 0 aromatic rings. The van der Waals surface area contributed by atoms with Crippen molar-refractivity contribution in [3.63, 3.8) is 0 Å². The van der Waals surface area contributed by atoms with E-state index in [1.807, 2.05) is 33.8 Å². The molecule has 1 unspecified atom stereocenters. The first-order valence-electron chi connectivity index (χ1n) is 15.9. The van der Waals surface area contributed by atoms with Gasteiger partial charge in [-0.25, -0.2) is 4.79 Å². The van der Waals surface area contributed by atoms with Gasteiger partial charge < -0.3 is 19.9 Å². The first-order valence-corrected chi connectivity index (χ1v) is 15.9. The maximum absolute atomic E-state index is 13.9. The second-order valence-corrected chi connectivity index (χ2v) is 13.3. The van der Waals surface area contributed by atoms with Crippen LogP contribution in [0.5, 0.6) is 0 Å². The highest BCUT2D eigenvalue weighted by Crippen LogP contribution is 2.27. The van der Waals surface area contributed by atoms with Gasteiger partial charge in [0.15, 0.2) is 0 Å². The molecule has 3 aliphatic rings. The van der Waals surface area contributed by atoms with Crippen molar-refractivity contribution in [2.45, 2.75) is 136 Å². The minimum Gasteiger partial charge on any atom is -0.461 e. The molecule has 0 spiro atoms. The lowest BCUT2D eigenvalue weighted by molar-refractivity contribution is -0.160. The minimum absolute atomic E-state index is 0.0115. The zero-order valence-electron chi connectivity index (χ0n) is 26.7. The van der Waals surface area contributed by atoms with Gasteiger partial charge in [0.25, 0.3) is 0 Å². The van der Waals surface area contributed by atoms with Crippen LogP contribution in [0.1, 0.15) is 99.8 Å². The average molecular weight is 575 g/mol. The molecule has 0 aromatic carbocycles. The van der Waals surface area contributed by atoms with Gasteiger partial charge in [-0.1, -0.05) is 40.2 Å². The standard InChI is InChI=1S/C32H54N4O5/c1-20(2)27(19-23(7)30(38)36-18-12-16-26(36)32(40)41-24-13-11-14-24)34(8)31(39)28(21(3)4)33-29(37)25-15-9-10-17-35(25)22(5)6/h19-22,24-28H,9-18H2,1-8H3,(H,33,37)/t25-,26+,27?,28+/m1/s1. The summed E-state index contributed by atoms with van der Waals surface area (Å²) in [4.78, 5) is 59.1. The zero-order chi connectivity index (χ0) is 30.4. The van der Waals surface area contributed by atoms with E-state index in [0.29, 0.717) is 18.5 Å². The van der Waals surface area contributed by atoms with Crippen LogP contribution in [0.25, 0.3) is 0 Å². The Bertz CT molecular complexity index is 973. The van der Waals surface area contributed by atoms with Crippen LogP contribution in [0.4, 0.5) is 0 Å². The van der Waals surface area contributed by atoms with Crippen molar-refractivity contribution in [2.24, 2.45) is 11.8 Å². The number of hydrogen-bond acceptors (Lipinski definition) is 6. The molecule has 2 saturated heterocycles. The molecule has 0 radical (unpaired) electrons. The Kier molecular flexibility index (Phi) is 11.8. The van der Waals surface area contributed by atoms with E-state index in [1.54, 1.807) is 23.8 Å². The van der Waals surface area contributed by atoms with E-state index in [1.165, 1.54) is 0 Å². The number of amides is 3. The van der Waals surface area contributed by atoms with Crippen molar-refractivity contribution < 1.29 is 23.9 Å². The van der Waals surface area contributed by atoms with E-state index in [0.717, 1.165) is 51.5 Å². The normalized spacial score (nSPS) is 23.9. The molecule has 3 fully saturated rings. The Morgan fingerprint density at radius 1 is 0.854 bits per heavy atom. The van der Waals surface area contributed by atoms with E-state index in [4.69, 9.17) is 4.74 Å². The molecular formula is C32H54N4O5. The van der Waals surface area contributed by atoms with Gasteiger partial charge in [-0.2, -0.15) is 0 Å². The van der Waals surface area contributed by atoms with Crippen molar-refractivity contribution in [1.82, 2.24) is 20.0 Å². The highest BCUT2D eigenvalue weighted by molar-refractivity contribution is 5.96. The van der Waals surface area contributed by atoms with E-state index >= 15 is 0 Å². The SMILES string of the molecule is CC(=CC(C(C)C)N(C)C(=O)[C@@H](NC(=O)[C@H]1CCCCN1C(C)C)C(C)C)C(=O)N1CCC[C@H]1C(=O)OC1CCC1. The van der Waals surface area contributed by atoms with Gasteiger partial charge in [0.2, 0.25) is 17.7 Å². The molecule has 2 aliphatic heterocycles. The molecular weight excluding hydrogens is 520 g/mol. The molecule has 4 atom stereocenters. The predicted octanol–water partition coefficient (Wildman–Crippen LogP) is 3.91. The van der Waals surface area contributed by atoms with Crippen LogP contribution in [0.3, 0.4) is 0 Å². The minimum atomic E-state index is -0.668. The van der Waals surface area contributed by atoms with E-state index in [9.17, 15) is 19.2 Å². The third kappa shape index (κ3) is 8.11. The van der Waals surface area contributed by atoms with Gasteiger partial charge in [-0.3, -0.25) is 19.3 Å². The van der Waals surface area contributed by atoms with Crippen molar-refractivity contribution in [2.75, 3.05) is 20.1 Å². The Labute approximate surface area is 247 Å². The number of likely N-dealkylation sites (tertiary alicyclic amines) is 2. The third-order valence-corrected chi connectivity index (χ3v) is 9.10. The van der Waals surface area contributed by atoms with Crippen LogP contribution in [0, 0.1) is 11.8 Å². The Hall–Kier alpha value is -2.42. The van der Waals surface area contributed by atoms with Gasteiger partial charge >= 0.3 is 5.97 Å². The van der Waals surface area contributed by atoms with E-state index in [2.05, 4.69) is 24.1 Å². The molecule has 41 heavy (non-hydrogen) atoms. The number of ether oxygens (including phenoxy) is 1. The molecule has 3 rings (SSSR count). The maximum Gasteiger partial charge on any atom is 0.329 e. The van der Waals surface area contributed by atoms with Gasteiger partial charge in [0.05, 0.1) is 12.1 Å². The van der Waals surface area contributed by atoms with Gasteiger partial charge in [0.1, 0.15) is 18.2 Å². The summed E-state index contributed by atoms with van der Waals surface area (Å²) in [7, 11) is 1.75. The van der Waals surface area contributed by atoms with Gasteiger partial charge in [0, 0.05) is 25.2 Å². The van der Waals surface area contributed by atoms with Crippen LogP contribution in [0.15, 0.2) is 11.6 Å². The quantitative estimate of drug-likeness (QED) is 0.297. The van der Waals surface area contributed by atoms with Crippen LogP contribution in [-0.4, -0.2) is 94.8 Å². The number of carbonyl (C=O) groups excluding carboxylic acids is 4. The number of carbonyl (C=O) groups is 4. The van der Waals surface area contributed by atoms with Crippen LogP contribution < -0.4 is 5.32 Å². The van der Waals surface area contributed by atoms with Crippen LogP contribution in [0.2, 0.25) is 0 Å². The second kappa shape index (κ2) is 14.7. The number of nitrogens with one attached hydrogen (secondary N) is 1. The molecule has 0 bridgehead atoms. The molecule has 1 N–H and O–H groups in total. The monoisotopic (exact) mass is 574 g/mol. The topological polar surface area (TPSA) is 99.3 Å². The zero-order valence-corrected chi connectivity index (χ0v) is 26.7. The summed E-state index contributed by atoms with van der Waals surface area (Å²) >= 11 is 0. The summed E-state index contributed by atoms with van der Waals surface area (Å²) < 4.78 is 5.62. The number of nitrogens with zero attached hydrogens (tertiary/aromatic N) is 3. The number of likely N-dealkylation sites (N-methyl/N-ethyl adjacent to an activating group) is 1. The van der Waals surface area contributed by atoms with E-state index in [-0.39, 0.29) is 59.8 Å². The summed E-state index contributed by atoms with van der Waals surface area (Å²) in [5.41, 5.74) is 0.506. The summed E-state index contributed by atoms with van der Waals surface area (Å²) in [6, 6.07) is -1.54. The predicted molar refractivity (Wildman–Crippen MR) is 160 cm³/mol. The molecule has 1 saturated carbocycles. The second-order valence-electron chi connectivity index (χ2n) is 13.3. The largest absolute Gasteiger partial charge is 0.461 e. The fourth-order valence-corrected chi connectivity index (χ4v) is 6.27. The summed E-state index contributed by atoms with van der Waals surface area (Å²) in [6.45, 7) is 15.3. The summed E-state index contributed by atoms with van der Waals surface area (Å²) in [5, 5.41) is 3.09. The van der Waals surface area contributed by atoms with Crippen molar-refractivity contribution >= 4 is 23.7 Å². The fourth-order valence-electron chi connectivity index (χ4n) is 6.27. The number of esters is 1. The van der Waals surface area contributed by atoms with Crippen molar-refractivity contribution in [3.05, 3.63) is 11.6 Å².